The smallest absolute Gasteiger partial charge is 0.0474 e. The van der Waals surface area contributed by atoms with Crippen LogP contribution in [0.2, 0.25) is 0 Å². The van der Waals surface area contributed by atoms with E-state index in [0.29, 0.717) is 5.92 Å². The van der Waals surface area contributed by atoms with Crippen LogP contribution in [0.3, 0.4) is 0 Å². The van der Waals surface area contributed by atoms with Crippen LogP contribution in [-0.4, -0.2) is 16.6 Å². The fraction of sp³-hybridized carbons (Fsp3) is 0.647. The Bertz CT molecular complexity index is 473. The van der Waals surface area contributed by atoms with Gasteiger partial charge >= 0.3 is 0 Å². The third-order valence-corrected chi connectivity index (χ3v) is 5.89. The lowest BCUT2D eigenvalue weighted by Gasteiger charge is -2.61. The van der Waals surface area contributed by atoms with Crippen molar-refractivity contribution < 1.29 is 5.21 Å². The summed E-state index contributed by atoms with van der Waals surface area (Å²) in [6.07, 6.45) is 5.88. The Hall–Kier alpha value is -0.860. The molecule has 0 spiro atoms. The lowest BCUT2D eigenvalue weighted by Crippen LogP contribution is -2.66. The van der Waals surface area contributed by atoms with E-state index in [1.165, 1.54) is 17.0 Å². The highest BCUT2D eigenvalue weighted by molar-refractivity contribution is 5.18. The van der Waals surface area contributed by atoms with Crippen LogP contribution in [0.15, 0.2) is 30.3 Å². The molecule has 1 radical (unpaired) electrons. The third-order valence-electron chi connectivity index (χ3n) is 5.89. The summed E-state index contributed by atoms with van der Waals surface area (Å²) in [4.78, 5) is 0. The van der Waals surface area contributed by atoms with Gasteiger partial charge in [-0.15, -0.1) is 10.3 Å². The van der Waals surface area contributed by atoms with Crippen LogP contribution < -0.4 is 0 Å². The van der Waals surface area contributed by atoms with Gasteiger partial charge in [-0.3, -0.25) is 0 Å². The molecular formula is C17H22NO. The highest BCUT2D eigenvalue weighted by Gasteiger charge is 2.58. The van der Waals surface area contributed by atoms with Crippen molar-refractivity contribution in [3.05, 3.63) is 35.9 Å². The zero-order chi connectivity index (χ0) is 13.0. The maximum Gasteiger partial charge on any atom is 0.0474 e. The van der Waals surface area contributed by atoms with Crippen molar-refractivity contribution in [2.75, 3.05) is 0 Å². The van der Waals surface area contributed by atoms with Crippen LogP contribution in [0.25, 0.3) is 0 Å². The molecule has 4 bridgehead atoms. The molecule has 2 saturated carbocycles. The minimum absolute atomic E-state index is 0.0380. The largest absolute Gasteiger partial charge is 0.146 e. The Morgan fingerprint density at radius 3 is 2.79 bits per heavy atom. The van der Waals surface area contributed by atoms with Gasteiger partial charge in [-0.2, -0.15) is 0 Å². The van der Waals surface area contributed by atoms with Gasteiger partial charge in [0.1, 0.15) is 0 Å². The molecule has 0 amide bonds. The van der Waals surface area contributed by atoms with Gasteiger partial charge in [0.25, 0.3) is 0 Å². The van der Waals surface area contributed by atoms with Crippen molar-refractivity contribution in [3.63, 3.8) is 0 Å². The first-order valence-electron chi connectivity index (χ1n) is 7.66. The summed E-state index contributed by atoms with van der Waals surface area (Å²) in [5.74, 6) is 2.20. The summed E-state index contributed by atoms with van der Waals surface area (Å²) in [5.41, 5.74) is 1.36. The molecule has 2 saturated heterocycles. The number of rotatable bonds is 2. The number of hydroxylamine groups is 2. The van der Waals surface area contributed by atoms with Crippen LogP contribution in [0.1, 0.15) is 38.2 Å². The molecule has 0 N–H and O–H groups in total. The molecule has 5 rings (SSSR count). The highest BCUT2D eigenvalue weighted by atomic mass is 16.5. The first kappa shape index (κ1) is 11.9. The summed E-state index contributed by atoms with van der Waals surface area (Å²) >= 11 is 0. The number of nitrogens with zero attached hydrogens (tertiary/aromatic N) is 1. The van der Waals surface area contributed by atoms with E-state index < -0.39 is 0 Å². The Morgan fingerprint density at radius 1 is 1.21 bits per heavy atom. The molecule has 2 nitrogen and oxygen atoms in total. The Morgan fingerprint density at radius 2 is 2.00 bits per heavy atom. The number of benzene rings is 1. The Kier molecular flexibility index (Phi) is 2.55. The second-order valence-corrected chi connectivity index (χ2v) is 7.25. The highest BCUT2D eigenvalue weighted by Crippen LogP contribution is 2.56. The second-order valence-electron chi connectivity index (χ2n) is 7.25. The van der Waals surface area contributed by atoms with Crippen LogP contribution in [0.5, 0.6) is 0 Å². The van der Waals surface area contributed by atoms with Crippen LogP contribution in [0.4, 0.5) is 0 Å². The molecule has 1 aromatic carbocycles. The van der Waals surface area contributed by atoms with Crippen molar-refractivity contribution in [2.24, 2.45) is 17.8 Å². The summed E-state index contributed by atoms with van der Waals surface area (Å²) in [6.45, 7) is 2.20. The average Bonchev–Trinajstić information content (AvgIpc) is 2.40. The average molecular weight is 256 g/mol. The molecule has 1 aromatic rings. The second kappa shape index (κ2) is 4.07. The lowest BCUT2D eigenvalue weighted by molar-refractivity contribution is -0.323. The molecule has 2 aliphatic carbocycles. The predicted octanol–water partition coefficient (Wildman–Crippen LogP) is 3.45. The van der Waals surface area contributed by atoms with Gasteiger partial charge in [-0.1, -0.05) is 30.3 Å². The molecule has 19 heavy (non-hydrogen) atoms. The van der Waals surface area contributed by atoms with E-state index >= 15 is 0 Å². The zero-order valence-electron chi connectivity index (χ0n) is 11.6. The first-order chi connectivity index (χ1) is 9.16. The molecule has 4 aliphatic rings. The van der Waals surface area contributed by atoms with Gasteiger partial charge in [-0.05, 0) is 62.3 Å². The maximum absolute atomic E-state index is 12.6. The zero-order valence-corrected chi connectivity index (χ0v) is 11.6. The third kappa shape index (κ3) is 1.77. The van der Waals surface area contributed by atoms with E-state index in [1.54, 1.807) is 0 Å². The molecule has 4 fully saturated rings. The predicted molar refractivity (Wildman–Crippen MR) is 73.8 cm³/mol. The lowest BCUT2D eigenvalue weighted by atomic mass is 9.54. The van der Waals surface area contributed by atoms with Gasteiger partial charge in [0.05, 0.1) is 0 Å². The molecule has 2 heteroatoms. The molecular weight excluding hydrogens is 234 g/mol. The molecule has 101 valence electrons. The Balaban J connectivity index is 1.61. The number of piperidine rings is 2. The topological polar surface area (TPSA) is 23.1 Å². The minimum atomic E-state index is -0.0380. The fourth-order valence-corrected chi connectivity index (χ4v) is 5.24. The SMILES string of the molecule is C[C@]12C[C@@H]3C[C@H](C1)C(Cc1ccccc1)[C@@H](C3)N2[O]. The monoisotopic (exact) mass is 256 g/mol. The van der Waals surface area contributed by atoms with Crippen LogP contribution >= 0.6 is 0 Å². The molecule has 0 aromatic heterocycles. The van der Waals surface area contributed by atoms with Gasteiger partial charge in [0.2, 0.25) is 0 Å². The van der Waals surface area contributed by atoms with Crippen molar-refractivity contribution in [3.8, 4) is 0 Å². The molecule has 2 heterocycles. The standard InChI is InChI=1S/C17H22NO/c1-17-10-13-7-14(11-17)15(16(9-13)18(17)19)8-12-5-3-2-4-6-12/h2-6,13-16H,7-11H2,1H3/t13-,14-,15?,16-,17+/m1/s1. The van der Waals surface area contributed by atoms with Gasteiger partial charge in [-0.25, -0.2) is 0 Å². The molecule has 5 atom stereocenters. The minimum Gasteiger partial charge on any atom is -0.146 e. The van der Waals surface area contributed by atoms with Crippen molar-refractivity contribution >= 4 is 0 Å². The van der Waals surface area contributed by atoms with E-state index in [1.807, 2.05) is 0 Å². The van der Waals surface area contributed by atoms with Gasteiger partial charge in [0, 0.05) is 11.6 Å². The molecule has 1 unspecified atom stereocenters. The van der Waals surface area contributed by atoms with Gasteiger partial charge < -0.3 is 0 Å². The van der Waals surface area contributed by atoms with E-state index in [0.717, 1.165) is 37.5 Å². The summed E-state index contributed by atoms with van der Waals surface area (Å²) in [6, 6.07) is 11.0. The maximum atomic E-state index is 12.6. The van der Waals surface area contributed by atoms with E-state index in [9.17, 15) is 5.21 Å². The van der Waals surface area contributed by atoms with Crippen LogP contribution in [0, 0.1) is 17.8 Å². The fourth-order valence-electron chi connectivity index (χ4n) is 5.24. The van der Waals surface area contributed by atoms with E-state index in [2.05, 4.69) is 37.3 Å². The molecule has 2 aliphatic heterocycles. The summed E-state index contributed by atoms with van der Waals surface area (Å²) < 4.78 is 0. The van der Waals surface area contributed by atoms with E-state index in [-0.39, 0.29) is 11.6 Å². The summed E-state index contributed by atoms with van der Waals surface area (Å²) in [5, 5.41) is 14.1. The summed E-state index contributed by atoms with van der Waals surface area (Å²) in [7, 11) is 0. The number of hydrogen-bond acceptors (Lipinski definition) is 1. The first-order valence-corrected chi connectivity index (χ1v) is 7.66. The normalized spacial score (nSPS) is 44.7. The van der Waals surface area contributed by atoms with Crippen molar-refractivity contribution in [2.45, 2.75) is 50.6 Å². The van der Waals surface area contributed by atoms with Crippen LogP contribution in [-0.2, 0) is 11.6 Å². The number of hydrogen-bond donors (Lipinski definition) is 0. The van der Waals surface area contributed by atoms with E-state index in [4.69, 9.17) is 0 Å². The quantitative estimate of drug-likeness (QED) is 0.794. The Labute approximate surface area is 115 Å². The van der Waals surface area contributed by atoms with Crippen molar-refractivity contribution in [1.29, 1.82) is 0 Å². The van der Waals surface area contributed by atoms with Gasteiger partial charge in [0.15, 0.2) is 0 Å². The van der Waals surface area contributed by atoms with Crippen molar-refractivity contribution in [1.82, 2.24) is 5.06 Å².